The molecule has 0 spiro atoms. The summed E-state index contributed by atoms with van der Waals surface area (Å²) < 4.78 is 10.6. The van der Waals surface area contributed by atoms with Crippen LogP contribution in [0.3, 0.4) is 0 Å². The van der Waals surface area contributed by atoms with Crippen molar-refractivity contribution in [2.24, 2.45) is 11.8 Å². The first kappa shape index (κ1) is 20.3. The number of nitrogens with zero attached hydrogens (tertiary/aromatic N) is 1. The molecule has 5 nitrogen and oxygen atoms in total. The van der Waals surface area contributed by atoms with E-state index in [4.69, 9.17) is 9.47 Å². The summed E-state index contributed by atoms with van der Waals surface area (Å²) in [5.74, 6) is 0.916. The van der Waals surface area contributed by atoms with Crippen LogP contribution in [0.4, 0.5) is 0 Å². The fourth-order valence-corrected chi connectivity index (χ4v) is 3.71. The number of methoxy groups -OCH3 is 1. The number of ether oxygens (including phenoxy) is 2. The number of ketones is 1. The Labute approximate surface area is 167 Å². The Morgan fingerprint density at radius 2 is 1.89 bits per heavy atom. The molecule has 2 aliphatic rings. The predicted molar refractivity (Wildman–Crippen MR) is 108 cm³/mol. The summed E-state index contributed by atoms with van der Waals surface area (Å²) in [6.07, 6.45) is 10.7. The van der Waals surface area contributed by atoms with E-state index in [-0.39, 0.29) is 23.6 Å². The fourth-order valence-electron chi connectivity index (χ4n) is 3.71. The number of allylic oxidation sites excluding steroid dienone is 4. The van der Waals surface area contributed by atoms with Crippen LogP contribution < -0.4 is 4.74 Å². The number of likely N-dealkylation sites (tertiary alicyclic amines) is 1. The lowest BCUT2D eigenvalue weighted by Crippen LogP contribution is -2.37. The molecule has 1 aromatic rings. The molecule has 1 aliphatic carbocycles. The van der Waals surface area contributed by atoms with Crippen LogP contribution in [0.1, 0.15) is 24.8 Å². The monoisotopic (exact) mass is 383 g/mol. The number of hydrogen-bond donors (Lipinski definition) is 0. The number of carbonyl (C=O) groups excluding carboxylic acids is 2. The Kier molecular flexibility index (Phi) is 7.43. The van der Waals surface area contributed by atoms with Gasteiger partial charge in [0.15, 0.2) is 5.78 Å². The van der Waals surface area contributed by atoms with Gasteiger partial charge >= 0.3 is 5.97 Å². The van der Waals surface area contributed by atoms with Gasteiger partial charge in [0, 0.05) is 12.5 Å². The van der Waals surface area contributed by atoms with Gasteiger partial charge in [0.2, 0.25) is 0 Å². The number of rotatable bonds is 8. The number of hydrogen-bond acceptors (Lipinski definition) is 5. The smallest absolute Gasteiger partial charge is 0.308 e. The van der Waals surface area contributed by atoms with Gasteiger partial charge in [-0.1, -0.05) is 30.4 Å². The summed E-state index contributed by atoms with van der Waals surface area (Å²) >= 11 is 0. The Hall–Kier alpha value is -2.40. The molecule has 1 atom stereocenters. The van der Waals surface area contributed by atoms with Gasteiger partial charge in [0.1, 0.15) is 5.75 Å². The van der Waals surface area contributed by atoms with E-state index in [1.807, 2.05) is 24.3 Å². The van der Waals surface area contributed by atoms with Crippen LogP contribution in [0.15, 0.2) is 48.6 Å². The van der Waals surface area contributed by atoms with Gasteiger partial charge in [0.25, 0.3) is 0 Å². The minimum absolute atomic E-state index is 0.0624. The maximum Gasteiger partial charge on any atom is 0.308 e. The third-order valence-electron chi connectivity index (χ3n) is 5.54. The van der Waals surface area contributed by atoms with E-state index < -0.39 is 0 Å². The van der Waals surface area contributed by atoms with E-state index in [1.54, 1.807) is 12.2 Å². The van der Waals surface area contributed by atoms with Crippen molar-refractivity contribution in [2.75, 3.05) is 33.4 Å². The van der Waals surface area contributed by atoms with Gasteiger partial charge in [-0.05, 0) is 62.5 Å². The van der Waals surface area contributed by atoms with Crippen molar-refractivity contribution < 1.29 is 19.1 Å². The standard InChI is InChI=1S/C23H29NO4/c1-27-23(26)20-11-15-24(16-12-20)14-10-18-6-8-21(9-7-18)28-17-13-19-4-2-3-5-22(19)25/h2-9,19-20H,10-17H2,1H3. The Bertz CT molecular complexity index is 715. The zero-order chi connectivity index (χ0) is 19.8. The summed E-state index contributed by atoms with van der Waals surface area (Å²) in [6, 6.07) is 8.20. The second-order valence-corrected chi connectivity index (χ2v) is 7.42. The number of esters is 1. The second-order valence-electron chi connectivity index (χ2n) is 7.42. The van der Waals surface area contributed by atoms with E-state index in [2.05, 4.69) is 17.0 Å². The molecule has 150 valence electrons. The molecule has 0 saturated carbocycles. The van der Waals surface area contributed by atoms with Crippen molar-refractivity contribution in [1.82, 2.24) is 4.90 Å². The topological polar surface area (TPSA) is 55.8 Å². The summed E-state index contributed by atoms with van der Waals surface area (Å²) in [6.45, 7) is 3.43. The summed E-state index contributed by atoms with van der Waals surface area (Å²) in [5.41, 5.74) is 1.28. The molecule has 1 aliphatic heterocycles. The van der Waals surface area contributed by atoms with Crippen LogP contribution in [-0.4, -0.2) is 50.0 Å². The molecule has 1 aromatic carbocycles. The molecule has 1 unspecified atom stereocenters. The average Bonchev–Trinajstić information content (AvgIpc) is 2.74. The molecule has 5 heteroatoms. The molecule has 1 fully saturated rings. The van der Waals surface area contributed by atoms with E-state index >= 15 is 0 Å². The quantitative estimate of drug-likeness (QED) is 0.646. The summed E-state index contributed by atoms with van der Waals surface area (Å²) in [7, 11) is 1.46. The van der Waals surface area contributed by atoms with Crippen molar-refractivity contribution in [2.45, 2.75) is 25.7 Å². The zero-order valence-corrected chi connectivity index (χ0v) is 16.5. The summed E-state index contributed by atoms with van der Waals surface area (Å²) in [5, 5.41) is 0. The number of carbonyl (C=O) groups is 2. The molecular formula is C23H29NO4. The largest absolute Gasteiger partial charge is 0.494 e. The molecule has 0 radical (unpaired) electrons. The van der Waals surface area contributed by atoms with Crippen LogP contribution in [0, 0.1) is 11.8 Å². The van der Waals surface area contributed by atoms with Crippen LogP contribution in [0.5, 0.6) is 5.75 Å². The first-order valence-corrected chi connectivity index (χ1v) is 10.1. The maximum absolute atomic E-state index is 11.7. The molecule has 1 saturated heterocycles. The second kappa shape index (κ2) is 10.2. The van der Waals surface area contributed by atoms with Gasteiger partial charge in [-0.25, -0.2) is 0 Å². The highest BCUT2D eigenvalue weighted by Gasteiger charge is 2.25. The van der Waals surface area contributed by atoms with Crippen molar-refractivity contribution in [3.63, 3.8) is 0 Å². The highest BCUT2D eigenvalue weighted by atomic mass is 16.5. The van der Waals surface area contributed by atoms with Crippen molar-refractivity contribution in [1.29, 1.82) is 0 Å². The highest BCUT2D eigenvalue weighted by Crippen LogP contribution is 2.20. The van der Waals surface area contributed by atoms with Gasteiger partial charge in [0.05, 0.1) is 19.6 Å². The first-order chi connectivity index (χ1) is 13.7. The summed E-state index contributed by atoms with van der Waals surface area (Å²) in [4.78, 5) is 25.7. The molecule has 0 aromatic heterocycles. The van der Waals surface area contributed by atoms with Gasteiger partial charge < -0.3 is 14.4 Å². The average molecular weight is 383 g/mol. The normalized spacial score (nSPS) is 20.3. The number of piperidine rings is 1. The van der Waals surface area contributed by atoms with Crippen molar-refractivity contribution in [3.8, 4) is 5.75 Å². The Morgan fingerprint density at radius 1 is 1.14 bits per heavy atom. The van der Waals surface area contributed by atoms with Crippen LogP contribution in [-0.2, 0) is 20.7 Å². The maximum atomic E-state index is 11.7. The Morgan fingerprint density at radius 3 is 2.57 bits per heavy atom. The fraction of sp³-hybridized carbons (Fsp3) is 0.478. The van der Waals surface area contributed by atoms with Gasteiger partial charge in [-0.2, -0.15) is 0 Å². The Balaban J connectivity index is 1.35. The number of benzene rings is 1. The van der Waals surface area contributed by atoms with Crippen LogP contribution >= 0.6 is 0 Å². The van der Waals surface area contributed by atoms with Crippen LogP contribution in [0.2, 0.25) is 0 Å². The third kappa shape index (κ3) is 5.80. The van der Waals surface area contributed by atoms with E-state index in [0.717, 1.165) is 44.6 Å². The SMILES string of the molecule is COC(=O)C1CCN(CCc2ccc(OCCC3C=CC=CC3=O)cc2)CC1. The van der Waals surface area contributed by atoms with Crippen LogP contribution in [0.25, 0.3) is 0 Å². The van der Waals surface area contributed by atoms with Gasteiger partial charge in [-0.15, -0.1) is 0 Å². The first-order valence-electron chi connectivity index (χ1n) is 10.1. The lowest BCUT2D eigenvalue weighted by Gasteiger charge is -2.30. The zero-order valence-electron chi connectivity index (χ0n) is 16.5. The molecule has 0 amide bonds. The molecule has 0 N–H and O–H groups in total. The lowest BCUT2D eigenvalue weighted by atomic mass is 9.96. The lowest BCUT2D eigenvalue weighted by molar-refractivity contribution is -0.147. The molecule has 28 heavy (non-hydrogen) atoms. The van der Waals surface area contributed by atoms with Crippen molar-refractivity contribution in [3.05, 3.63) is 54.1 Å². The minimum atomic E-state index is -0.0735. The predicted octanol–water partition coefficient (Wildman–Crippen LogP) is 3.19. The van der Waals surface area contributed by atoms with E-state index in [1.165, 1.54) is 12.7 Å². The third-order valence-corrected chi connectivity index (χ3v) is 5.54. The van der Waals surface area contributed by atoms with Gasteiger partial charge in [-0.3, -0.25) is 9.59 Å². The minimum Gasteiger partial charge on any atom is -0.494 e. The molecule has 3 rings (SSSR count). The van der Waals surface area contributed by atoms with E-state index in [0.29, 0.717) is 13.0 Å². The highest BCUT2D eigenvalue weighted by molar-refractivity contribution is 5.94. The molecule has 0 bridgehead atoms. The molecule has 1 heterocycles. The van der Waals surface area contributed by atoms with Crippen molar-refractivity contribution >= 4 is 11.8 Å². The van der Waals surface area contributed by atoms with E-state index in [9.17, 15) is 9.59 Å². The molecular weight excluding hydrogens is 354 g/mol.